The molecule has 0 radical (unpaired) electrons. The van der Waals surface area contributed by atoms with Gasteiger partial charge in [0.2, 0.25) is 0 Å². The molecule has 1 rings (SSSR count). The van der Waals surface area contributed by atoms with Crippen LogP contribution in [0, 0.1) is 0 Å². The highest BCUT2D eigenvalue weighted by atomic mass is 28.4. The van der Waals surface area contributed by atoms with E-state index in [-0.39, 0.29) is 6.10 Å². The zero-order valence-electron chi connectivity index (χ0n) is 24.1. The van der Waals surface area contributed by atoms with Crippen molar-refractivity contribution in [1.29, 1.82) is 0 Å². The second kappa shape index (κ2) is 19.4. The predicted octanol–water partition coefficient (Wildman–Crippen LogP) is 9.44. The largest absolute Gasteiger partial charge is 0.416 e. The van der Waals surface area contributed by atoms with E-state index in [1.165, 1.54) is 50.5 Å². The van der Waals surface area contributed by atoms with Gasteiger partial charge in [-0.2, -0.15) is 0 Å². The van der Waals surface area contributed by atoms with Crippen LogP contribution in [-0.4, -0.2) is 32.7 Å². The van der Waals surface area contributed by atoms with Crippen LogP contribution in [0.3, 0.4) is 0 Å². The Morgan fingerprint density at radius 1 is 0.629 bits per heavy atom. The quantitative estimate of drug-likeness (QED) is 0.126. The fourth-order valence-electron chi connectivity index (χ4n) is 5.78. The van der Waals surface area contributed by atoms with E-state index in [4.69, 9.17) is 9.16 Å². The fourth-order valence-corrected chi connectivity index (χ4v) is 11.3. The average Bonchev–Trinajstić information content (AvgIpc) is 2.82. The van der Waals surface area contributed by atoms with Gasteiger partial charge in [-0.1, -0.05) is 123 Å². The zero-order valence-corrected chi connectivity index (χ0v) is 25.1. The van der Waals surface area contributed by atoms with E-state index in [2.05, 4.69) is 65.8 Å². The van der Waals surface area contributed by atoms with E-state index < -0.39 is 8.32 Å². The number of hydrogen-bond donors (Lipinski definition) is 1. The Bertz CT molecular complexity index is 581. The molecule has 1 aromatic carbocycles. The van der Waals surface area contributed by atoms with Crippen molar-refractivity contribution in [1.82, 2.24) is 0 Å². The molecule has 3 nitrogen and oxygen atoms in total. The summed E-state index contributed by atoms with van der Waals surface area (Å²) in [6, 6.07) is 10.4. The van der Waals surface area contributed by atoms with Crippen molar-refractivity contribution < 1.29 is 14.3 Å². The molecule has 0 aliphatic rings. The smallest absolute Gasteiger partial charge is 0.200 e. The van der Waals surface area contributed by atoms with Gasteiger partial charge in [-0.25, -0.2) is 0 Å². The molecule has 0 spiro atoms. The van der Waals surface area contributed by atoms with Crippen molar-refractivity contribution in [2.24, 2.45) is 0 Å². The van der Waals surface area contributed by atoms with E-state index in [1.807, 2.05) is 6.07 Å². The summed E-state index contributed by atoms with van der Waals surface area (Å²) in [6.45, 7) is 16.7. The van der Waals surface area contributed by atoms with Crippen LogP contribution in [0.25, 0.3) is 0 Å². The summed E-state index contributed by atoms with van der Waals surface area (Å²) in [6.07, 6.45) is 13.9. The third-order valence-corrected chi connectivity index (χ3v) is 13.8. The van der Waals surface area contributed by atoms with Crippen LogP contribution in [0.4, 0.5) is 0 Å². The highest BCUT2D eigenvalue weighted by Gasteiger charge is 2.44. The Balaban J connectivity index is 1.93. The number of aliphatic hydroxyl groups excluding tert-OH is 1. The topological polar surface area (TPSA) is 38.7 Å². The van der Waals surface area contributed by atoms with Crippen LogP contribution in [0.5, 0.6) is 0 Å². The lowest BCUT2D eigenvalue weighted by Gasteiger charge is -2.42. The molecule has 35 heavy (non-hydrogen) atoms. The van der Waals surface area contributed by atoms with Crippen LogP contribution in [-0.2, 0) is 15.8 Å². The Kier molecular flexibility index (Phi) is 18.0. The highest BCUT2D eigenvalue weighted by molar-refractivity contribution is 6.77. The Morgan fingerprint density at radius 3 is 1.60 bits per heavy atom. The first-order chi connectivity index (χ1) is 16.8. The number of rotatable bonds is 22. The van der Waals surface area contributed by atoms with Crippen molar-refractivity contribution in [2.45, 2.75) is 148 Å². The van der Waals surface area contributed by atoms with Crippen molar-refractivity contribution >= 4 is 8.32 Å². The Morgan fingerprint density at radius 2 is 1.09 bits per heavy atom. The van der Waals surface area contributed by atoms with Gasteiger partial charge in [0, 0.05) is 13.2 Å². The van der Waals surface area contributed by atoms with Crippen molar-refractivity contribution in [3.8, 4) is 0 Å². The highest BCUT2D eigenvalue weighted by Crippen LogP contribution is 2.42. The summed E-state index contributed by atoms with van der Waals surface area (Å²) in [5, 5.41) is 10.3. The standard InChI is InChI=1S/C31H58O3Si/c1-27(2)35(28(3)4,29(5)6)34-25-19-11-8-7-9-16-22-31(32)23-17-10-12-18-24-33-26-30-20-14-13-15-21-30/h13-15,20-21,27-29,31-32H,7-12,16-19,22-26H2,1-6H3. The molecule has 0 aromatic heterocycles. The molecule has 0 saturated heterocycles. The van der Waals surface area contributed by atoms with Crippen LogP contribution in [0.1, 0.15) is 124 Å². The molecule has 204 valence electrons. The number of benzene rings is 1. The maximum atomic E-state index is 10.3. The lowest BCUT2D eigenvalue weighted by Crippen LogP contribution is -2.47. The van der Waals surface area contributed by atoms with E-state index in [0.29, 0.717) is 23.2 Å². The number of hydrogen-bond acceptors (Lipinski definition) is 3. The van der Waals surface area contributed by atoms with Crippen LogP contribution >= 0.6 is 0 Å². The second-order valence-corrected chi connectivity index (χ2v) is 16.9. The summed E-state index contributed by atoms with van der Waals surface area (Å²) < 4.78 is 12.4. The molecule has 1 aromatic rings. The zero-order chi connectivity index (χ0) is 25.9. The maximum absolute atomic E-state index is 10.3. The number of ether oxygens (including phenoxy) is 1. The first kappa shape index (κ1) is 32.3. The van der Waals surface area contributed by atoms with Gasteiger partial charge in [-0.15, -0.1) is 0 Å². The van der Waals surface area contributed by atoms with Gasteiger partial charge in [0.05, 0.1) is 12.7 Å². The SMILES string of the molecule is CC(C)[Si](OCCCCCCCCC(O)CCCCCCOCc1ccccc1)(C(C)C)C(C)C. The molecule has 0 aliphatic carbocycles. The molecule has 1 atom stereocenters. The molecular formula is C31H58O3Si. The molecular weight excluding hydrogens is 448 g/mol. The minimum Gasteiger partial charge on any atom is -0.416 e. The molecule has 0 amide bonds. The predicted molar refractivity (Wildman–Crippen MR) is 155 cm³/mol. The summed E-state index contributed by atoms with van der Waals surface area (Å²) in [4.78, 5) is 0. The van der Waals surface area contributed by atoms with Gasteiger partial charge in [0.15, 0.2) is 8.32 Å². The van der Waals surface area contributed by atoms with E-state index in [9.17, 15) is 5.11 Å². The first-order valence-corrected chi connectivity index (χ1v) is 16.9. The van der Waals surface area contributed by atoms with E-state index in [0.717, 1.165) is 45.3 Å². The Labute approximate surface area is 219 Å². The fraction of sp³-hybridized carbons (Fsp3) is 0.806. The lowest BCUT2D eigenvalue weighted by molar-refractivity contribution is 0.115. The third kappa shape index (κ3) is 13.4. The minimum absolute atomic E-state index is 0.112. The Hall–Kier alpha value is -0.683. The van der Waals surface area contributed by atoms with Gasteiger partial charge in [-0.05, 0) is 47.9 Å². The first-order valence-electron chi connectivity index (χ1n) is 14.7. The molecule has 0 heterocycles. The molecule has 0 bridgehead atoms. The van der Waals surface area contributed by atoms with Crippen molar-refractivity contribution in [3.63, 3.8) is 0 Å². The second-order valence-electron chi connectivity index (χ2n) is 11.5. The van der Waals surface area contributed by atoms with E-state index >= 15 is 0 Å². The van der Waals surface area contributed by atoms with Crippen LogP contribution in [0.15, 0.2) is 30.3 Å². The van der Waals surface area contributed by atoms with Crippen LogP contribution < -0.4 is 0 Å². The lowest BCUT2D eigenvalue weighted by atomic mass is 10.0. The molecule has 0 saturated carbocycles. The van der Waals surface area contributed by atoms with Crippen molar-refractivity contribution in [3.05, 3.63) is 35.9 Å². The number of aliphatic hydroxyl groups is 1. The molecule has 1 N–H and O–H groups in total. The van der Waals surface area contributed by atoms with Gasteiger partial charge in [0.25, 0.3) is 0 Å². The van der Waals surface area contributed by atoms with Gasteiger partial charge in [-0.3, -0.25) is 0 Å². The molecule has 1 unspecified atom stereocenters. The third-order valence-electron chi connectivity index (χ3n) is 7.68. The summed E-state index contributed by atoms with van der Waals surface area (Å²) in [5.74, 6) is 0. The van der Waals surface area contributed by atoms with Crippen molar-refractivity contribution in [2.75, 3.05) is 13.2 Å². The average molecular weight is 507 g/mol. The molecule has 0 fully saturated rings. The monoisotopic (exact) mass is 506 g/mol. The molecule has 4 heteroatoms. The number of unbranched alkanes of at least 4 members (excludes halogenated alkanes) is 8. The van der Waals surface area contributed by atoms with Crippen LogP contribution in [0.2, 0.25) is 16.6 Å². The summed E-state index contributed by atoms with van der Waals surface area (Å²) >= 11 is 0. The van der Waals surface area contributed by atoms with Gasteiger partial charge in [0.1, 0.15) is 0 Å². The van der Waals surface area contributed by atoms with Gasteiger partial charge >= 0.3 is 0 Å². The van der Waals surface area contributed by atoms with E-state index in [1.54, 1.807) is 0 Å². The molecule has 0 aliphatic heterocycles. The van der Waals surface area contributed by atoms with Gasteiger partial charge < -0.3 is 14.3 Å². The summed E-state index contributed by atoms with van der Waals surface area (Å²) in [5.41, 5.74) is 3.26. The normalized spacial score (nSPS) is 13.3. The summed E-state index contributed by atoms with van der Waals surface area (Å²) in [7, 11) is -1.69. The maximum Gasteiger partial charge on any atom is 0.200 e. The minimum atomic E-state index is -1.69.